The summed E-state index contributed by atoms with van der Waals surface area (Å²) >= 11 is 6.10. The normalized spacial score (nSPS) is 14.3. The van der Waals surface area contributed by atoms with Gasteiger partial charge >= 0.3 is 0 Å². The largest absolute Gasteiger partial charge is 0.454 e. The van der Waals surface area contributed by atoms with Crippen LogP contribution in [0.25, 0.3) is 0 Å². The number of carbonyl (C=O) groups is 1. The third-order valence-electron chi connectivity index (χ3n) is 3.01. The maximum atomic E-state index is 12.1. The lowest BCUT2D eigenvalue weighted by molar-refractivity contribution is -0.119. The SMILES string of the molecule is CCCC(CN)C(=O)Nc1cc2c(cc1Cl)OCO2. The molecule has 1 atom stereocenters. The van der Waals surface area contributed by atoms with Gasteiger partial charge in [0.1, 0.15) is 0 Å². The molecule has 1 amide bonds. The van der Waals surface area contributed by atoms with E-state index in [2.05, 4.69) is 5.32 Å². The van der Waals surface area contributed by atoms with E-state index in [1.54, 1.807) is 12.1 Å². The molecule has 1 unspecified atom stereocenters. The maximum absolute atomic E-state index is 12.1. The predicted molar refractivity (Wildman–Crippen MR) is 73.7 cm³/mol. The highest BCUT2D eigenvalue weighted by atomic mass is 35.5. The maximum Gasteiger partial charge on any atom is 0.231 e. The molecule has 0 spiro atoms. The predicted octanol–water partition coefficient (Wildman–Crippen LogP) is 2.38. The molecule has 0 bridgehead atoms. The molecule has 1 aliphatic rings. The highest BCUT2D eigenvalue weighted by molar-refractivity contribution is 6.34. The van der Waals surface area contributed by atoms with Crippen LogP contribution in [0.2, 0.25) is 5.02 Å². The van der Waals surface area contributed by atoms with Gasteiger partial charge < -0.3 is 20.5 Å². The van der Waals surface area contributed by atoms with Crippen LogP contribution in [-0.4, -0.2) is 19.2 Å². The lowest BCUT2D eigenvalue weighted by atomic mass is 10.0. The van der Waals surface area contributed by atoms with E-state index >= 15 is 0 Å². The molecule has 0 fully saturated rings. The summed E-state index contributed by atoms with van der Waals surface area (Å²) in [4.78, 5) is 12.1. The Bertz CT molecular complexity index is 479. The zero-order valence-electron chi connectivity index (χ0n) is 10.7. The van der Waals surface area contributed by atoms with Crippen LogP contribution in [0.4, 0.5) is 5.69 Å². The molecule has 0 radical (unpaired) electrons. The first-order chi connectivity index (χ1) is 9.15. The average Bonchev–Trinajstić information content (AvgIpc) is 2.83. The van der Waals surface area contributed by atoms with E-state index in [1.807, 2.05) is 6.92 Å². The molecule has 0 saturated carbocycles. The van der Waals surface area contributed by atoms with Crippen molar-refractivity contribution in [2.24, 2.45) is 11.7 Å². The van der Waals surface area contributed by atoms with Crippen molar-refractivity contribution < 1.29 is 14.3 Å². The third kappa shape index (κ3) is 3.11. The summed E-state index contributed by atoms with van der Waals surface area (Å²) < 4.78 is 10.5. The molecule has 0 aromatic heterocycles. The van der Waals surface area contributed by atoms with Crippen LogP contribution in [0.3, 0.4) is 0 Å². The van der Waals surface area contributed by atoms with Gasteiger partial charge in [-0.05, 0) is 6.42 Å². The number of nitrogens with one attached hydrogen (secondary N) is 1. The molecule has 19 heavy (non-hydrogen) atoms. The molecular weight excluding hydrogens is 268 g/mol. The quantitative estimate of drug-likeness (QED) is 0.871. The number of rotatable bonds is 5. The van der Waals surface area contributed by atoms with E-state index in [0.717, 1.165) is 12.8 Å². The highest BCUT2D eigenvalue weighted by Crippen LogP contribution is 2.39. The number of halogens is 1. The molecule has 6 heteroatoms. The Labute approximate surface area is 117 Å². The number of nitrogens with two attached hydrogens (primary N) is 1. The van der Waals surface area contributed by atoms with Crippen LogP contribution in [0.1, 0.15) is 19.8 Å². The molecule has 104 valence electrons. The molecule has 1 aliphatic heterocycles. The van der Waals surface area contributed by atoms with Crippen molar-refractivity contribution in [2.75, 3.05) is 18.7 Å². The van der Waals surface area contributed by atoms with Gasteiger partial charge in [-0.15, -0.1) is 0 Å². The number of anilines is 1. The minimum Gasteiger partial charge on any atom is -0.454 e. The number of carbonyl (C=O) groups excluding carboxylic acids is 1. The summed E-state index contributed by atoms with van der Waals surface area (Å²) in [6.07, 6.45) is 1.66. The second-order valence-electron chi connectivity index (χ2n) is 4.40. The monoisotopic (exact) mass is 284 g/mol. The van der Waals surface area contributed by atoms with Crippen molar-refractivity contribution in [3.8, 4) is 11.5 Å². The summed E-state index contributed by atoms with van der Waals surface area (Å²) in [5.74, 6) is 0.850. The van der Waals surface area contributed by atoms with Gasteiger partial charge in [0.05, 0.1) is 16.6 Å². The van der Waals surface area contributed by atoms with E-state index in [0.29, 0.717) is 28.8 Å². The van der Waals surface area contributed by atoms with Crippen LogP contribution >= 0.6 is 11.6 Å². The van der Waals surface area contributed by atoms with Gasteiger partial charge in [-0.2, -0.15) is 0 Å². The Morgan fingerprint density at radius 2 is 2.16 bits per heavy atom. The minimum atomic E-state index is -0.202. The van der Waals surface area contributed by atoms with Crippen molar-refractivity contribution >= 4 is 23.2 Å². The molecule has 1 heterocycles. The topological polar surface area (TPSA) is 73.6 Å². The first-order valence-corrected chi connectivity index (χ1v) is 6.63. The van der Waals surface area contributed by atoms with E-state index in [4.69, 9.17) is 26.8 Å². The Morgan fingerprint density at radius 3 is 2.79 bits per heavy atom. The number of fused-ring (bicyclic) bond motifs is 1. The van der Waals surface area contributed by atoms with Gasteiger partial charge in [0.15, 0.2) is 11.5 Å². The fourth-order valence-corrected chi connectivity index (χ4v) is 2.15. The fourth-order valence-electron chi connectivity index (χ4n) is 1.95. The highest BCUT2D eigenvalue weighted by Gasteiger charge is 2.20. The molecular formula is C13H17ClN2O3. The number of ether oxygens (including phenoxy) is 2. The third-order valence-corrected chi connectivity index (χ3v) is 3.33. The summed E-state index contributed by atoms with van der Waals surface area (Å²) in [7, 11) is 0. The number of amides is 1. The molecule has 5 nitrogen and oxygen atoms in total. The Balaban J connectivity index is 2.12. The Hall–Kier alpha value is -1.46. The lowest BCUT2D eigenvalue weighted by Gasteiger charge is -2.15. The molecule has 2 rings (SSSR count). The minimum absolute atomic E-state index is 0.120. The molecule has 1 aromatic carbocycles. The van der Waals surface area contributed by atoms with Gasteiger partial charge in [0.25, 0.3) is 0 Å². The van der Waals surface area contributed by atoms with Crippen LogP contribution in [0, 0.1) is 5.92 Å². The molecule has 1 aromatic rings. The van der Waals surface area contributed by atoms with Crippen molar-refractivity contribution in [1.29, 1.82) is 0 Å². The van der Waals surface area contributed by atoms with Crippen LogP contribution in [-0.2, 0) is 4.79 Å². The average molecular weight is 285 g/mol. The van der Waals surface area contributed by atoms with E-state index in [1.165, 1.54) is 0 Å². The van der Waals surface area contributed by atoms with Crippen molar-refractivity contribution in [3.63, 3.8) is 0 Å². The van der Waals surface area contributed by atoms with Gasteiger partial charge in [-0.25, -0.2) is 0 Å². The summed E-state index contributed by atoms with van der Waals surface area (Å²) in [5, 5.41) is 3.21. The van der Waals surface area contributed by atoms with E-state index < -0.39 is 0 Å². The van der Waals surface area contributed by atoms with Crippen LogP contribution in [0.15, 0.2) is 12.1 Å². The molecule has 3 N–H and O–H groups in total. The van der Waals surface area contributed by atoms with Gasteiger partial charge in [-0.1, -0.05) is 24.9 Å². The molecule has 0 aliphatic carbocycles. The number of hydrogen-bond donors (Lipinski definition) is 2. The standard InChI is InChI=1S/C13H17ClN2O3/c1-2-3-8(6-15)13(17)16-10-5-12-11(4-9(10)14)18-7-19-12/h4-5,8H,2-3,6-7,15H2,1H3,(H,16,17). The van der Waals surface area contributed by atoms with Gasteiger partial charge in [0.2, 0.25) is 12.7 Å². The van der Waals surface area contributed by atoms with Gasteiger partial charge in [0, 0.05) is 18.7 Å². The lowest BCUT2D eigenvalue weighted by Crippen LogP contribution is -2.29. The van der Waals surface area contributed by atoms with E-state index in [9.17, 15) is 4.79 Å². The zero-order chi connectivity index (χ0) is 13.8. The second kappa shape index (κ2) is 6.12. The number of hydrogen-bond acceptors (Lipinski definition) is 4. The Kier molecular flexibility index (Phi) is 4.50. The zero-order valence-corrected chi connectivity index (χ0v) is 11.5. The molecule has 0 saturated heterocycles. The van der Waals surface area contributed by atoms with E-state index in [-0.39, 0.29) is 18.6 Å². The Morgan fingerprint density at radius 1 is 1.47 bits per heavy atom. The van der Waals surface area contributed by atoms with Crippen LogP contribution in [0.5, 0.6) is 11.5 Å². The van der Waals surface area contributed by atoms with Crippen LogP contribution < -0.4 is 20.5 Å². The smallest absolute Gasteiger partial charge is 0.231 e. The van der Waals surface area contributed by atoms with Crippen molar-refractivity contribution in [1.82, 2.24) is 0 Å². The van der Waals surface area contributed by atoms with Crippen molar-refractivity contribution in [2.45, 2.75) is 19.8 Å². The van der Waals surface area contributed by atoms with Gasteiger partial charge in [-0.3, -0.25) is 4.79 Å². The van der Waals surface area contributed by atoms with Crippen molar-refractivity contribution in [3.05, 3.63) is 17.2 Å². The summed E-state index contributed by atoms with van der Waals surface area (Å²) in [6.45, 7) is 2.51. The summed E-state index contributed by atoms with van der Waals surface area (Å²) in [5.41, 5.74) is 6.12. The summed E-state index contributed by atoms with van der Waals surface area (Å²) in [6, 6.07) is 3.30. The number of benzene rings is 1. The first-order valence-electron chi connectivity index (χ1n) is 6.25. The first kappa shape index (κ1) is 14.0. The second-order valence-corrected chi connectivity index (χ2v) is 4.80. The fraction of sp³-hybridized carbons (Fsp3) is 0.462.